The summed E-state index contributed by atoms with van der Waals surface area (Å²) in [4.78, 5) is 10.6. The molecule has 0 N–H and O–H groups in total. The Hall–Kier alpha value is -0.870. The van der Waals surface area contributed by atoms with Gasteiger partial charge in [-0.2, -0.15) is 0 Å². The van der Waals surface area contributed by atoms with Crippen molar-refractivity contribution in [3.63, 3.8) is 0 Å². The topological polar surface area (TPSA) is 48.1 Å². The summed E-state index contributed by atoms with van der Waals surface area (Å²) in [6.45, 7) is 3.28. The highest BCUT2D eigenvalue weighted by atomic mass is 16.8. The Morgan fingerprint density at radius 3 is 3.21 bits per heavy atom. The number of hydrogen-bond acceptors (Lipinski definition) is 4. The highest BCUT2D eigenvalue weighted by molar-refractivity contribution is 5.68. The maximum Gasteiger partial charge on any atom is 0.298 e. The molecule has 0 aromatic heterocycles. The van der Waals surface area contributed by atoms with Gasteiger partial charge >= 0.3 is 0 Å². The van der Waals surface area contributed by atoms with Crippen molar-refractivity contribution in [1.29, 1.82) is 0 Å². The van der Waals surface area contributed by atoms with Crippen molar-refractivity contribution >= 4 is 6.29 Å². The maximum atomic E-state index is 10.6. The minimum absolute atomic E-state index is 0.176. The molecule has 0 amide bonds. The van der Waals surface area contributed by atoms with E-state index in [4.69, 9.17) is 14.2 Å². The van der Waals surface area contributed by atoms with E-state index in [9.17, 15) is 4.79 Å². The molecular formula is C10H14O4. The van der Waals surface area contributed by atoms with Gasteiger partial charge in [0.05, 0.1) is 0 Å². The normalized spacial score (nSPS) is 33.2. The van der Waals surface area contributed by atoms with Gasteiger partial charge < -0.3 is 14.2 Å². The molecule has 78 valence electrons. The van der Waals surface area contributed by atoms with E-state index >= 15 is 0 Å². The van der Waals surface area contributed by atoms with Gasteiger partial charge in [-0.15, -0.1) is 0 Å². The first-order valence-electron chi connectivity index (χ1n) is 4.92. The Labute approximate surface area is 82.8 Å². The van der Waals surface area contributed by atoms with Crippen molar-refractivity contribution in [2.45, 2.75) is 31.7 Å². The summed E-state index contributed by atoms with van der Waals surface area (Å²) < 4.78 is 15.7. The van der Waals surface area contributed by atoms with Crippen molar-refractivity contribution in [2.24, 2.45) is 0 Å². The standard InChI is InChI=1S/C10H14O4/c1-2-3-4-12-6-8-5-9-10(7-11,13-8)14-9/h5,7,9H,2-4,6H2,1H3. The molecule has 0 bridgehead atoms. The van der Waals surface area contributed by atoms with Gasteiger partial charge in [0.1, 0.15) is 12.4 Å². The van der Waals surface area contributed by atoms with E-state index in [1.54, 1.807) is 6.08 Å². The zero-order chi connectivity index (χ0) is 10.0. The van der Waals surface area contributed by atoms with Crippen LogP contribution in [0.25, 0.3) is 0 Å². The lowest BCUT2D eigenvalue weighted by Crippen LogP contribution is -2.17. The van der Waals surface area contributed by atoms with Gasteiger partial charge in [-0.05, 0) is 12.5 Å². The maximum absolute atomic E-state index is 10.6. The molecule has 2 aliphatic rings. The van der Waals surface area contributed by atoms with Gasteiger partial charge in [-0.1, -0.05) is 13.3 Å². The van der Waals surface area contributed by atoms with Crippen molar-refractivity contribution in [3.05, 3.63) is 11.8 Å². The molecule has 0 radical (unpaired) electrons. The summed E-state index contributed by atoms with van der Waals surface area (Å²) in [5.74, 6) is -0.270. The van der Waals surface area contributed by atoms with Crippen molar-refractivity contribution < 1.29 is 19.0 Å². The van der Waals surface area contributed by atoms with Crippen LogP contribution in [0, 0.1) is 0 Å². The van der Waals surface area contributed by atoms with Gasteiger partial charge in [-0.3, -0.25) is 4.79 Å². The third-order valence-corrected chi connectivity index (χ3v) is 2.33. The van der Waals surface area contributed by atoms with Crippen LogP contribution in [0.3, 0.4) is 0 Å². The fourth-order valence-electron chi connectivity index (χ4n) is 1.42. The molecule has 2 aliphatic heterocycles. The molecule has 0 aliphatic carbocycles. The van der Waals surface area contributed by atoms with E-state index in [0.29, 0.717) is 18.7 Å². The molecule has 0 saturated carbocycles. The Balaban J connectivity index is 1.69. The molecule has 4 heteroatoms. The number of hydrogen-bond donors (Lipinski definition) is 0. The fraction of sp³-hybridized carbons (Fsp3) is 0.700. The average molecular weight is 198 g/mol. The highest BCUT2D eigenvalue weighted by Crippen LogP contribution is 2.44. The molecule has 0 spiro atoms. The minimum Gasteiger partial charge on any atom is -0.454 e. The third-order valence-electron chi connectivity index (χ3n) is 2.33. The number of carbonyl (C=O) groups is 1. The molecule has 1 fully saturated rings. The smallest absolute Gasteiger partial charge is 0.298 e. The van der Waals surface area contributed by atoms with Crippen LogP contribution in [-0.2, 0) is 19.0 Å². The lowest BCUT2D eigenvalue weighted by molar-refractivity contribution is -0.126. The summed E-state index contributed by atoms with van der Waals surface area (Å²) in [7, 11) is 0. The number of epoxide rings is 1. The molecule has 2 unspecified atom stereocenters. The van der Waals surface area contributed by atoms with Gasteiger partial charge in [0.25, 0.3) is 5.79 Å². The van der Waals surface area contributed by atoms with Crippen LogP contribution in [0.5, 0.6) is 0 Å². The second-order valence-corrected chi connectivity index (χ2v) is 3.52. The van der Waals surface area contributed by atoms with Gasteiger partial charge in [0.15, 0.2) is 12.4 Å². The third kappa shape index (κ3) is 1.67. The van der Waals surface area contributed by atoms with E-state index in [2.05, 4.69) is 6.92 Å². The molecule has 0 aromatic carbocycles. The summed E-state index contributed by atoms with van der Waals surface area (Å²) >= 11 is 0. The minimum atomic E-state index is -0.983. The van der Waals surface area contributed by atoms with Crippen LogP contribution < -0.4 is 0 Å². The summed E-state index contributed by atoms with van der Waals surface area (Å²) in [6, 6.07) is 0. The first-order chi connectivity index (χ1) is 6.80. The molecule has 4 nitrogen and oxygen atoms in total. The molecular weight excluding hydrogens is 184 g/mol. The van der Waals surface area contributed by atoms with E-state index < -0.39 is 5.79 Å². The number of fused-ring (bicyclic) bond motifs is 1. The fourth-order valence-corrected chi connectivity index (χ4v) is 1.42. The lowest BCUT2D eigenvalue weighted by atomic mass is 10.3. The van der Waals surface area contributed by atoms with E-state index in [1.165, 1.54) is 0 Å². The number of aldehydes is 1. The van der Waals surface area contributed by atoms with Crippen molar-refractivity contribution in [1.82, 2.24) is 0 Å². The first-order valence-corrected chi connectivity index (χ1v) is 4.92. The molecule has 1 saturated heterocycles. The highest BCUT2D eigenvalue weighted by Gasteiger charge is 2.63. The van der Waals surface area contributed by atoms with Gasteiger partial charge in [-0.25, -0.2) is 0 Å². The first kappa shape index (κ1) is 9.68. The monoisotopic (exact) mass is 198 g/mol. The predicted octanol–water partition coefficient (Wildman–Crippen LogP) is 1.01. The van der Waals surface area contributed by atoms with Crippen LogP contribution in [-0.4, -0.2) is 31.4 Å². The molecule has 0 aromatic rings. The van der Waals surface area contributed by atoms with Gasteiger partial charge in [0.2, 0.25) is 0 Å². The summed E-state index contributed by atoms with van der Waals surface area (Å²) in [6.07, 6.45) is 4.49. The average Bonchev–Trinajstić information content (AvgIpc) is 2.77. The van der Waals surface area contributed by atoms with E-state index in [1.807, 2.05) is 0 Å². The summed E-state index contributed by atoms with van der Waals surface area (Å²) in [5, 5.41) is 0. The second-order valence-electron chi connectivity index (χ2n) is 3.52. The Morgan fingerprint density at radius 2 is 2.57 bits per heavy atom. The molecule has 2 heterocycles. The zero-order valence-electron chi connectivity index (χ0n) is 8.19. The largest absolute Gasteiger partial charge is 0.454 e. The van der Waals surface area contributed by atoms with Crippen molar-refractivity contribution in [2.75, 3.05) is 13.2 Å². The zero-order valence-corrected chi connectivity index (χ0v) is 8.19. The Bertz CT molecular complexity index is 261. The lowest BCUT2D eigenvalue weighted by Gasteiger charge is -2.09. The summed E-state index contributed by atoms with van der Waals surface area (Å²) in [5.41, 5.74) is 0. The van der Waals surface area contributed by atoms with Crippen LogP contribution in [0.1, 0.15) is 19.8 Å². The van der Waals surface area contributed by atoms with E-state index in [0.717, 1.165) is 19.4 Å². The quantitative estimate of drug-likeness (QED) is 0.363. The Morgan fingerprint density at radius 1 is 1.71 bits per heavy atom. The number of ether oxygens (including phenoxy) is 3. The predicted molar refractivity (Wildman–Crippen MR) is 48.6 cm³/mol. The number of carbonyl (C=O) groups excluding carboxylic acids is 1. The van der Waals surface area contributed by atoms with Crippen LogP contribution in [0.15, 0.2) is 11.8 Å². The molecule has 2 atom stereocenters. The molecule has 2 rings (SSSR count). The number of unbranched alkanes of at least 4 members (excludes halogenated alkanes) is 1. The SMILES string of the molecule is CCCCOCC1=CC2OC2(C=O)O1. The van der Waals surface area contributed by atoms with Crippen LogP contribution >= 0.6 is 0 Å². The van der Waals surface area contributed by atoms with Gasteiger partial charge in [0, 0.05) is 6.61 Å². The second kappa shape index (κ2) is 3.71. The van der Waals surface area contributed by atoms with Crippen LogP contribution in [0.2, 0.25) is 0 Å². The van der Waals surface area contributed by atoms with E-state index in [-0.39, 0.29) is 6.10 Å². The van der Waals surface area contributed by atoms with Crippen LogP contribution in [0.4, 0.5) is 0 Å². The van der Waals surface area contributed by atoms with Crippen molar-refractivity contribution in [3.8, 4) is 0 Å². The Kier molecular flexibility index (Phi) is 2.56. The molecule has 14 heavy (non-hydrogen) atoms. The number of rotatable bonds is 6.